The van der Waals surface area contributed by atoms with Crippen molar-refractivity contribution in [3.05, 3.63) is 50.1 Å². The molecule has 1 aromatic carbocycles. The van der Waals surface area contributed by atoms with Crippen molar-refractivity contribution in [2.75, 3.05) is 33.3 Å². The van der Waals surface area contributed by atoms with Gasteiger partial charge in [-0.2, -0.15) is 0 Å². The van der Waals surface area contributed by atoms with Crippen molar-refractivity contribution >= 4 is 40.4 Å². The van der Waals surface area contributed by atoms with E-state index >= 15 is 0 Å². The van der Waals surface area contributed by atoms with E-state index in [1.807, 2.05) is 11.0 Å². The standard InChI is InChI=1S/C17H18Cl2N2O2S/c1-23-15-4-2-12(18)10-14(15)17(22)21-8-6-20(7-9-21)11-13-3-5-16(19)24-13/h2-5,10H,6-9,11H2,1H3. The summed E-state index contributed by atoms with van der Waals surface area (Å²) in [7, 11) is 1.56. The number of ether oxygens (including phenoxy) is 1. The molecule has 3 rings (SSSR count). The highest BCUT2D eigenvalue weighted by Gasteiger charge is 2.24. The van der Waals surface area contributed by atoms with Crippen LogP contribution < -0.4 is 4.74 Å². The molecule has 1 saturated heterocycles. The lowest BCUT2D eigenvalue weighted by Gasteiger charge is -2.34. The summed E-state index contributed by atoms with van der Waals surface area (Å²) in [6.45, 7) is 3.93. The lowest BCUT2D eigenvalue weighted by Crippen LogP contribution is -2.48. The number of thiophene rings is 1. The fourth-order valence-electron chi connectivity index (χ4n) is 2.78. The highest BCUT2D eigenvalue weighted by atomic mass is 35.5. The number of carbonyl (C=O) groups is 1. The van der Waals surface area contributed by atoms with E-state index in [4.69, 9.17) is 27.9 Å². The van der Waals surface area contributed by atoms with Gasteiger partial charge in [0.25, 0.3) is 5.91 Å². The van der Waals surface area contributed by atoms with Gasteiger partial charge in [0.15, 0.2) is 0 Å². The van der Waals surface area contributed by atoms with Crippen molar-refractivity contribution in [2.24, 2.45) is 0 Å². The molecular weight excluding hydrogens is 367 g/mol. The lowest BCUT2D eigenvalue weighted by molar-refractivity contribution is 0.0626. The van der Waals surface area contributed by atoms with Gasteiger partial charge in [-0.3, -0.25) is 9.69 Å². The van der Waals surface area contributed by atoms with Crippen LogP contribution in [0.25, 0.3) is 0 Å². The third-order valence-corrected chi connectivity index (χ3v) is 5.51. The Morgan fingerprint density at radius 1 is 1.17 bits per heavy atom. The Morgan fingerprint density at radius 2 is 1.92 bits per heavy atom. The summed E-state index contributed by atoms with van der Waals surface area (Å²) < 4.78 is 6.10. The Kier molecular flexibility index (Phi) is 5.66. The lowest BCUT2D eigenvalue weighted by atomic mass is 10.1. The van der Waals surface area contributed by atoms with Crippen LogP contribution in [0.3, 0.4) is 0 Å². The number of rotatable bonds is 4. The number of halogens is 2. The van der Waals surface area contributed by atoms with Crippen LogP contribution in [0.1, 0.15) is 15.2 Å². The second-order valence-corrected chi connectivity index (χ2v) is 7.85. The van der Waals surface area contributed by atoms with Gasteiger partial charge in [0.05, 0.1) is 17.0 Å². The maximum absolute atomic E-state index is 12.8. The van der Waals surface area contributed by atoms with E-state index in [0.717, 1.165) is 24.0 Å². The molecule has 0 radical (unpaired) electrons. The summed E-state index contributed by atoms with van der Waals surface area (Å²) in [6.07, 6.45) is 0. The molecule has 0 atom stereocenters. The Hall–Kier alpha value is -1.27. The topological polar surface area (TPSA) is 32.8 Å². The molecule has 0 unspecified atom stereocenters. The van der Waals surface area contributed by atoms with Crippen LogP contribution in [0.15, 0.2) is 30.3 Å². The molecule has 0 bridgehead atoms. The minimum Gasteiger partial charge on any atom is -0.496 e. The predicted octanol–water partition coefficient (Wildman–Crippen LogP) is 4.02. The first kappa shape index (κ1) is 17.5. The average Bonchev–Trinajstić information content (AvgIpc) is 3.00. The van der Waals surface area contributed by atoms with Gasteiger partial charge in [0, 0.05) is 42.6 Å². The zero-order chi connectivity index (χ0) is 17.1. The maximum Gasteiger partial charge on any atom is 0.257 e. The van der Waals surface area contributed by atoms with Crippen molar-refractivity contribution in [2.45, 2.75) is 6.54 Å². The molecular formula is C17H18Cl2N2O2S. The molecule has 24 heavy (non-hydrogen) atoms. The van der Waals surface area contributed by atoms with E-state index in [1.54, 1.807) is 36.6 Å². The molecule has 1 aliphatic heterocycles. The maximum atomic E-state index is 12.8. The van der Waals surface area contributed by atoms with Crippen molar-refractivity contribution < 1.29 is 9.53 Å². The van der Waals surface area contributed by atoms with E-state index in [9.17, 15) is 4.79 Å². The Labute approximate surface area is 155 Å². The van der Waals surface area contributed by atoms with Gasteiger partial charge in [0.2, 0.25) is 0 Å². The van der Waals surface area contributed by atoms with Gasteiger partial charge in [-0.15, -0.1) is 11.3 Å². The molecule has 128 valence electrons. The van der Waals surface area contributed by atoms with Gasteiger partial charge in [-0.1, -0.05) is 23.2 Å². The second-order valence-electron chi connectivity index (χ2n) is 5.62. The van der Waals surface area contributed by atoms with Gasteiger partial charge >= 0.3 is 0 Å². The van der Waals surface area contributed by atoms with Gasteiger partial charge < -0.3 is 9.64 Å². The molecule has 1 amide bonds. The molecule has 1 aromatic heterocycles. The second kappa shape index (κ2) is 7.74. The molecule has 0 spiro atoms. The van der Waals surface area contributed by atoms with E-state index < -0.39 is 0 Å². The summed E-state index contributed by atoms with van der Waals surface area (Å²) in [5, 5.41) is 0.535. The number of hydrogen-bond acceptors (Lipinski definition) is 4. The number of methoxy groups -OCH3 is 1. The number of amides is 1. The molecule has 2 aromatic rings. The van der Waals surface area contributed by atoms with E-state index in [0.29, 0.717) is 29.4 Å². The highest BCUT2D eigenvalue weighted by molar-refractivity contribution is 7.16. The minimum atomic E-state index is -0.0341. The SMILES string of the molecule is COc1ccc(Cl)cc1C(=O)N1CCN(Cc2ccc(Cl)s2)CC1. The van der Waals surface area contributed by atoms with E-state index in [-0.39, 0.29) is 5.91 Å². The number of benzene rings is 1. The summed E-state index contributed by atoms with van der Waals surface area (Å²) in [5.41, 5.74) is 0.517. The first-order valence-corrected chi connectivity index (χ1v) is 9.23. The molecule has 0 aliphatic carbocycles. The molecule has 4 nitrogen and oxygen atoms in total. The minimum absolute atomic E-state index is 0.0341. The average molecular weight is 385 g/mol. The third kappa shape index (κ3) is 4.03. The fraction of sp³-hybridized carbons (Fsp3) is 0.353. The van der Waals surface area contributed by atoms with Crippen LogP contribution >= 0.6 is 34.5 Å². The molecule has 1 aliphatic rings. The Balaban J connectivity index is 1.62. The summed E-state index contributed by atoms with van der Waals surface area (Å²) >= 11 is 13.6. The van der Waals surface area contributed by atoms with Crippen LogP contribution in [0.4, 0.5) is 0 Å². The first-order chi connectivity index (χ1) is 11.6. The van der Waals surface area contributed by atoms with Crippen LogP contribution in [0.2, 0.25) is 9.36 Å². The number of hydrogen-bond donors (Lipinski definition) is 0. The quantitative estimate of drug-likeness (QED) is 0.797. The predicted molar refractivity (Wildman–Crippen MR) is 98.5 cm³/mol. The van der Waals surface area contributed by atoms with Crippen LogP contribution in [0.5, 0.6) is 5.75 Å². The smallest absolute Gasteiger partial charge is 0.257 e. The van der Waals surface area contributed by atoms with Crippen molar-refractivity contribution in [3.63, 3.8) is 0 Å². The van der Waals surface area contributed by atoms with Gasteiger partial charge in [0.1, 0.15) is 5.75 Å². The number of nitrogens with zero attached hydrogens (tertiary/aromatic N) is 2. The fourth-order valence-corrected chi connectivity index (χ4v) is 4.09. The van der Waals surface area contributed by atoms with Gasteiger partial charge in [-0.25, -0.2) is 0 Å². The summed E-state index contributed by atoms with van der Waals surface area (Å²) in [4.78, 5) is 18.2. The zero-order valence-electron chi connectivity index (χ0n) is 13.3. The normalized spacial score (nSPS) is 15.5. The van der Waals surface area contributed by atoms with E-state index in [1.165, 1.54) is 4.88 Å². The van der Waals surface area contributed by atoms with E-state index in [2.05, 4.69) is 11.0 Å². The van der Waals surface area contributed by atoms with Crippen LogP contribution in [0, 0.1) is 0 Å². The molecule has 0 saturated carbocycles. The van der Waals surface area contributed by atoms with Crippen molar-refractivity contribution in [3.8, 4) is 5.75 Å². The molecule has 1 fully saturated rings. The Morgan fingerprint density at radius 3 is 2.54 bits per heavy atom. The zero-order valence-corrected chi connectivity index (χ0v) is 15.6. The highest BCUT2D eigenvalue weighted by Crippen LogP contribution is 2.26. The Bertz CT molecular complexity index is 727. The van der Waals surface area contributed by atoms with Crippen molar-refractivity contribution in [1.82, 2.24) is 9.80 Å². The van der Waals surface area contributed by atoms with Crippen LogP contribution in [-0.2, 0) is 6.54 Å². The molecule has 0 N–H and O–H groups in total. The third-order valence-electron chi connectivity index (χ3n) is 4.06. The largest absolute Gasteiger partial charge is 0.496 e. The molecule has 7 heteroatoms. The summed E-state index contributed by atoms with van der Waals surface area (Å²) in [6, 6.07) is 9.10. The summed E-state index contributed by atoms with van der Waals surface area (Å²) in [5.74, 6) is 0.522. The van der Waals surface area contributed by atoms with Gasteiger partial charge in [-0.05, 0) is 30.3 Å². The number of piperazine rings is 1. The monoisotopic (exact) mass is 384 g/mol. The van der Waals surface area contributed by atoms with Crippen LogP contribution in [-0.4, -0.2) is 49.0 Å². The van der Waals surface area contributed by atoms with Crippen molar-refractivity contribution in [1.29, 1.82) is 0 Å². The first-order valence-electron chi connectivity index (χ1n) is 7.66. The number of carbonyl (C=O) groups excluding carboxylic acids is 1. The molecule has 2 heterocycles.